The van der Waals surface area contributed by atoms with Crippen LogP contribution in [0.5, 0.6) is 0 Å². The Morgan fingerprint density at radius 1 is 0.897 bits per heavy atom. The molecule has 0 atom stereocenters. The van der Waals surface area contributed by atoms with Crippen LogP contribution < -0.4 is 3.71 Å². The van der Waals surface area contributed by atoms with E-state index in [1.807, 2.05) is 24.5 Å². The Labute approximate surface area is 178 Å². The van der Waals surface area contributed by atoms with Gasteiger partial charge in [-0.25, -0.2) is 0 Å². The molecule has 0 aliphatic rings. The first kappa shape index (κ1) is 22.3. The monoisotopic (exact) mass is 503 g/mol. The fourth-order valence-corrected chi connectivity index (χ4v) is 21.5. The van der Waals surface area contributed by atoms with Crippen LogP contribution in [-0.4, -0.2) is 32.7 Å². The van der Waals surface area contributed by atoms with Crippen LogP contribution in [0, 0.1) is 5.82 Å². The van der Waals surface area contributed by atoms with Crippen molar-refractivity contribution in [1.82, 2.24) is 14.4 Å². The number of rotatable bonds is 11. The van der Waals surface area contributed by atoms with Gasteiger partial charge >= 0.3 is 179 Å². The van der Waals surface area contributed by atoms with Crippen LogP contribution in [0.3, 0.4) is 0 Å². The first-order valence-corrected chi connectivity index (χ1v) is 18.7. The van der Waals surface area contributed by atoms with Crippen molar-refractivity contribution in [3.8, 4) is 11.3 Å². The molecule has 2 aromatic heterocycles. The number of hydrogen-bond acceptors (Lipinski definition) is 2. The third-order valence-corrected chi connectivity index (χ3v) is 21.5. The molecule has 0 aliphatic carbocycles. The molecule has 0 N–H and O–H groups in total. The van der Waals surface area contributed by atoms with Gasteiger partial charge in [-0.15, -0.1) is 0 Å². The standard InChI is InChI=1S/C12H7FN3.3C4H9.Sn/c13-10-3-1-9(2-4-10)11-8-16-6-5-14-7-12(16)15-11;3*1-3-4-2;/h1-7H;3*1,3-4H2,2H3;. The van der Waals surface area contributed by atoms with Crippen molar-refractivity contribution in [3.63, 3.8) is 0 Å². The van der Waals surface area contributed by atoms with E-state index >= 15 is 0 Å². The average molecular weight is 502 g/mol. The fourth-order valence-electron chi connectivity index (χ4n) is 4.50. The van der Waals surface area contributed by atoms with Crippen LogP contribution in [0.1, 0.15) is 59.3 Å². The van der Waals surface area contributed by atoms with Crippen LogP contribution in [0.25, 0.3) is 16.9 Å². The summed E-state index contributed by atoms with van der Waals surface area (Å²) in [5.74, 6) is -0.196. The summed E-state index contributed by atoms with van der Waals surface area (Å²) in [6.45, 7) is 6.90. The molecular weight excluding hydrogens is 468 g/mol. The predicted octanol–water partition coefficient (Wildman–Crippen LogP) is 6.59. The number of aromatic nitrogens is 3. The minimum absolute atomic E-state index is 0.196. The molecule has 3 nitrogen and oxygen atoms in total. The summed E-state index contributed by atoms with van der Waals surface area (Å²) >= 11 is -2.77. The van der Waals surface area contributed by atoms with Crippen LogP contribution in [0.2, 0.25) is 13.3 Å². The molecule has 5 heteroatoms. The van der Waals surface area contributed by atoms with Crippen molar-refractivity contribution in [2.24, 2.45) is 0 Å². The molecule has 3 aromatic rings. The van der Waals surface area contributed by atoms with E-state index in [0.29, 0.717) is 0 Å². The van der Waals surface area contributed by atoms with Gasteiger partial charge in [0.1, 0.15) is 0 Å². The maximum absolute atomic E-state index is 13.6. The van der Waals surface area contributed by atoms with Crippen molar-refractivity contribution >= 4 is 27.7 Å². The number of halogens is 1. The zero-order valence-electron chi connectivity index (χ0n) is 18.1. The number of unbranched alkanes of at least 4 members (excludes halogenated alkanes) is 3. The molecule has 0 spiro atoms. The Morgan fingerprint density at radius 3 is 2.03 bits per heavy atom. The summed E-state index contributed by atoms with van der Waals surface area (Å²) in [6.07, 6.45) is 13.4. The second-order valence-electron chi connectivity index (χ2n) is 8.21. The van der Waals surface area contributed by atoms with Gasteiger partial charge in [-0.3, -0.25) is 0 Å². The first-order chi connectivity index (χ1) is 14.1. The predicted molar refractivity (Wildman–Crippen MR) is 123 cm³/mol. The minimum atomic E-state index is -2.77. The van der Waals surface area contributed by atoms with E-state index in [0.717, 1.165) is 16.9 Å². The molecule has 0 saturated carbocycles. The van der Waals surface area contributed by atoms with Gasteiger partial charge in [0.2, 0.25) is 0 Å². The Balaban J connectivity index is 2.24. The average Bonchev–Trinajstić information content (AvgIpc) is 3.14. The molecule has 29 heavy (non-hydrogen) atoms. The SMILES string of the molecule is CCC[CH2][Sn]([CH2]CCC)([CH2]CCC)[c]1c(-c2ccc(F)cc2)nc2cnccn12. The topological polar surface area (TPSA) is 30.2 Å². The molecule has 0 fully saturated rings. The quantitative estimate of drug-likeness (QED) is 0.277. The van der Waals surface area contributed by atoms with Gasteiger partial charge in [-0.1, -0.05) is 0 Å². The van der Waals surface area contributed by atoms with E-state index in [2.05, 4.69) is 36.4 Å². The summed E-state index contributed by atoms with van der Waals surface area (Å²) in [5, 5.41) is 0. The van der Waals surface area contributed by atoms with Gasteiger partial charge in [-0.2, -0.15) is 0 Å². The van der Waals surface area contributed by atoms with Gasteiger partial charge in [0, 0.05) is 0 Å². The van der Waals surface area contributed by atoms with Crippen molar-refractivity contribution in [2.75, 3.05) is 0 Å². The van der Waals surface area contributed by atoms with Crippen LogP contribution in [0.15, 0.2) is 42.9 Å². The molecule has 156 valence electrons. The maximum atomic E-state index is 13.6. The Hall–Kier alpha value is -1.43. The summed E-state index contributed by atoms with van der Waals surface area (Å²) < 4.78 is 21.6. The van der Waals surface area contributed by atoms with E-state index < -0.39 is 18.4 Å². The molecule has 3 rings (SSSR count). The van der Waals surface area contributed by atoms with E-state index in [-0.39, 0.29) is 5.82 Å². The van der Waals surface area contributed by atoms with E-state index in [1.54, 1.807) is 12.1 Å². The molecule has 0 bridgehead atoms. The van der Waals surface area contributed by atoms with Gasteiger partial charge < -0.3 is 0 Å². The zero-order valence-corrected chi connectivity index (χ0v) is 21.0. The molecule has 0 saturated heterocycles. The van der Waals surface area contributed by atoms with E-state index in [4.69, 9.17) is 4.98 Å². The van der Waals surface area contributed by atoms with Crippen LogP contribution in [-0.2, 0) is 0 Å². The summed E-state index contributed by atoms with van der Waals surface area (Å²) in [4.78, 5) is 9.36. The second kappa shape index (κ2) is 10.6. The van der Waals surface area contributed by atoms with Gasteiger partial charge in [0.15, 0.2) is 0 Å². The Kier molecular flexibility index (Phi) is 8.10. The first-order valence-electron chi connectivity index (χ1n) is 11.2. The van der Waals surface area contributed by atoms with Crippen LogP contribution in [0.4, 0.5) is 4.39 Å². The number of fused-ring (bicyclic) bond motifs is 1. The molecule has 0 radical (unpaired) electrons. The molecule has 0 unspecified atom stereocenters. The zero-order chi connectivity index (χ0) is 20.7. The number of benzene rings is 1. The van der Waals surface area contributed by atoms with E-state index in [1.165, 1.54) is 55.5 Å². The van der Waals surface area contributed by atoms with E-state index in [9.17, 15) is 4.39 Å². The molecule has 0 amide bonds. The molecule has 2 heterocycles. The molecule has 1 aromatic carbocycles. The van der Waals surface area contributed by atoms with Gasteiger partial charge in [0.05, 0.1) is 0 Å². The summed E-state index contributed by atoms with van der Waals surface area (Å²) in [7, 11) is 0. The van der Waals surface area contributed by atoms with Gasteiger partial charge in [-0.05, 0) is 0 Å². The third kappa shape index (κ3) is 5.01. The van der Waals surface area contributed by atoms with Crippen molar-refractivity contribution in [3.05, 3.63) is 48.7 Å². The number of hydrogen-bond donors (Lipinski definition) is 0. The Bertz CT molecular complexity index is 882. The summed E-state index contributed by atoms with van der Waals surface area (Å²) in [5.41, 5.74) is 3.04. The molecular formula is C24H34FN3Sn. The number of nitrogens with zero attached hydrogens (tertiary/aromatic N) is 3. The molecule has 0 aliphatic heterocycles. The second-order valence-corrected chi connectivity index (χ2v) is 21.2. The van der Waals surface area contributed by atoms with Crippen molar-refractivity contribution in [1.29, 1.82) is 0 Å². The van der Waals surface area contributed by atoms with Crippen molar-refractivity contribution in [2.45, 2.75) is 72.6 Å². The van der Waals surface area contributed by atoms with Crippen molar-refractivity contribution < 1.29 is 4.39 Å². The number of imidazole rings is 1. The van der Waals surface area contributed by atoms with Crippen LogP contribution >= 0.6 is 0 Å². The van der Waals surface area contributed by atoms with Gasteiger partial charge in [0.25, 0.3) is 0 Å². The third-order valence-electron chi connectivity index (χ3n) is 6.08. The summed E-state index contributed by atoms with van der Waals surface area (Å²) in [6, 6.07) is 6.90. The normalized spacial score (nSPS) is 12.0. The fraction of sp³-hybridized carbons (Fsp3) is 0.500. The Morgan fingerprint density at radius 2 is 1.48 bits per heavy atom.